The van der Waals surface area contributed by atoms with E-state index in [2.05, 4.69) is 19.9 Å². The predicted molar refractivity (Wildman–Crippen MR) is 192 cm³/mol. The van der Waals surface area contributed by atoms with Crippen LogP contribution >= 0.6 is 0 Å². The zero-order chi connectivity index (χ0) is 35.9. The van der Waals surface area contributed by atoms with Crippen LogP contribution in [0.2, 0.25) is 0 Å². The van der Waals surface area contributed by atoms with E-state index in [0.29, 0.717) is 73.2 Å². The first-order valence-corrected chi connectivity index (χ1v) is 16.4. The van der Waals surface area contributed by atoms with Crippen LogP contribution in [0.4, 0.5) is 13.2 Å². The molecule has 0 aliphatic rings. The average Bonchev–Trinajstić information content (AvgIpc) is 3.06. The van der Waals surface area contributed by atoms with E-state index >= 15 is 0 Å². The Morgan fingerprint density at radius 1 is 0.412 bits per heavy atom. The highest BCUT2D eigenvalue weighted by molar-refractivity contribution is 6.28. The molecule has 0 amide bonds. The molecule has 0 bridgehead atoms. The fourth-order valence-electron chi connectivity index (χ4n) is 7.07. The van der Waals surface area contributed by atoms with E-state index in [9.17, 15) is 13.2 Å². The van der Waals surface area contributed by atoms with Crippen molar-refractivity contribution in [3.8, 4) is 45.6 Å². The fraction of sp³-hybridized carbons (Fsp3) is 0.200. The van der Waals surface area contributed by atoms with Gasteiger partial charge in [-0.1, -0.05) is 24.3 Å². The van der Waals surface area contributed by atoms with Crippen LogP contribution in [0.1, 0.15) is 45.6 Å². The van der Waals surface area contributed by atoms with Gasteiger partial charge in [-0.15, -0.1) is 0 Å². The molecule has 0 radical (unpaired) electrons. The van der Waals surface area contributed by atoms with Crippen LogP contribution in [-0.2, 0) is 6.18 Å². The normalized spacial score (nSPS) is 12.1. The second kappa shape index (κ2) is 11.5. The van der Waals surface area contributed by atoms with E-state index in [-0.39, 0.29) is 5.39 Å². The van der Waals surface area contributed by atoms with Gasteiger partial charge in [0.05, 0.1) is 5.56 Å². The summed E-state index contributed by atoms with van der Waals surface area (Å²) in [5.41, 5.74) is 5.86. The summed E-state index contributed by atoms with van der Waals surface area (Å²) in [5.74, 6) is 2.61. The molecule has 0 saturated heterocycles. The van der Waals surface area contributed by atoms with E-state index in [1.165, 1.54) is 6.07 Å². The average molecular weight is 681 g/mol. The molecule has 8 nitrogen and oxygen atoms in total. The van der Waals surface area contributed by atoms with Gasteiger partial charge in [-0.05, 0) is 123 Å². The van der Waals surface area contributed by atoms with Gasteiger partial charge in [0.1, 0.15) is 11.6 Å². The molecule has 51 heavy (non-hydrogen) atoms. The molecule has 0 unspecified atom stereocenters. The van der Waals surface area contributed by atoms with Gasteiger partial charge in [0, 0.05) is 45.0 Å². The summed E-state index contributed by atoms with van der Waals surface area (Å²) in [6, 6.07) is 17.9. The van der Waals surface area contributed by atoms with E-state index in [4.69, 9.17) is 19.9 Å². The highest BCUT2D eigenvalue weighted by Gasteiger charge is 2.34. The Kier molecular flexibility index (Phi) is 7.30. The Morgan fingerprint density at radius 2 is 0.824 bits per heavy atom. The molecule has 0 spiro atoms. The predicted octanol–water partition coefficient (Wildman–Crippen LogP) is 9.59. The molecular weight excluding hydrogens is 649 g/mol. The van der Waals surface area contributed by atoms with Crippen LogP contribution in [0.25, 0.3) is 77.9 Å². The maximum absolute atomic E-state index is 14.6. The molecule has 252 valence electrons. The third kappa shape index (κ3) is 5.40. The van der Waals surface area contributed by atoms with Crippen LogP contribution in [0, 0.1) is 48.5 Å². The summed E-state index contributed by atoms with van der Waals surface area (Å²) in [6.45, 7) is 12.9. The van der Waals surface area contributed by atoms with Crippen LogP contribution in [0.15, 0.2) is 60.7 Å². The van der Waals surface area contributed by atoms with Gasteiger partial charge >= 0.3 is 6.18 Å². The Bertz CT molecular complexity index is 2600. The molecule has 0 aliphatic carbocycles. The van der Waals surface area contributed by atoms with Crippen LogP contribution in [-0.4, -0.2) is 39.9 Å². The molecule has 0 aliphatic heterocycles. The van der Waals surface area contributed by atoms with Gasteiger partial charge in [0.15, 0.2) is 23.3 Å². The van der Waals surface area contributed by atoms with E-state index in [1.54, 1.807) is 32.9 Å². The van der Waals surface area contributed by atoms with Gasteiger partial charge in [-0.25, -0.2) is 29.9 Å². The Morgan fingerprint density at radius 3 is 1.27 bits per heavy atom. The molecule has 11 heteroatoms. The molecule has 8 rings (SSSR count). The lowest BCUT2D eigenvalue weighted by Gasteiger charge is -2.20. The van der Waals surface area contributed by atoms with Crippen molar-refractivity contribution in [2.24, 2.45) is 0 Å². The van der Waals surface area contributed by atoms with Gasteiger partial charge in [0.2, 0.25) is 0 Å². The second-order valence-electron chi connectivity index (χ2n) is 13.0. The first-order chi connectivity index (χ1) is 24.3. The number of hydrogen-bond donors (Lipinski definition) is 0. The molecular formula is C40H31F3N8. The van der Waals surface area contributed by atoms with Crippen molar-refractivity contribution in [1.82, 2.24) is 39.9 Å². The van der Waals surface area contributed by atoms with Gasteiger partial charge in [0.25, 0.3) is 0 Å². The Hall–Kier alpha value is -5.97. The van der Waals surface area contributed by atoms with Crippen LogP contribution in [0.3, 0.4) is 0 Å². The summed E-state index contributed by atoms with van der Waals surface area (Å²) in [5, 5.41) is 3.40. The summed E-state index contributed by atoms with van der Waals surface area (Å²) in [7, 11) is 0. The molecule has 4 aromatic heterocycles. The Balaban J connectivity index is 1.50. The lowest BCUT2D eigenvalue weighted by molar-refractivity contribution is -0.136. The molecule has 0 N–H and O–H groups in total. The number of alkyl halides is 3. The third-order valence-electron chi connectivity index (χ3n) is 9.32. The second-order valence-corrected chi connectivity index (χ2v) is 13.0. The lowest BCUT2D eigenvalue weighted by atomic mass is 9.86. The molecule has 0 saturated carbocycles. The molecule has 8 aromatic rings. The van der Waals surface area contributed by atoms with E-state index in [1.807, 2.05) is 70.2 Å². The molecule has 4 aromatic carbocycles. The summed E-state index contributed by atoms with van der Waals surface area (Å²) in [4.78, 5) is 38.0. The molecule has 4 heterocycles. The van der Waals surface area contributed by atoms with Crippen molar-refractivity contribution in [3.05, 3.63) is 106 Å². The third-order valence-corrected chi connectivity index (χ3v) is 9.32. The summed E-state index contributed by atoms with van der Waals surface area (Å²) < 4.78 is 43.7. The number of aromatic nitrogens is 8. The van der Waals surface area contributed by atoms with Crippen molar-refractivity contribution in [2.45, 2.75) is 54.6 Å². The topological polar surface area (TPSA) is 103 Å². The van der Waals surface area contributed by atoms with Gasteiger partial charge < -0.3 is 0 Å². The maximum Gasteiger partial charge on any atom is 0.417 e. The quantitative estimate of drug-likeness (QED) is 0.169. The monoisotopic (exact) mass is 680 g/mol. The highest BCUT2D eigenvalue weighted by Crippen LogP contribution is 2.47. The van der Waals surface area contributed by atoms with Gasteiger partial charge in [-0.3, -0.25) is 9.97 Å². The maximum atomic E-state index is 14.6. The largest absolute Gasteiger partial charge is 0.417 e. The number of nitrogens with zero attached hydrogens (tertiary/aromatic N) is 8. The lowest BCUT2D eigenvalue weighted by Crippen LogP contribution is -2.07. The van der Waals surface area contributed by atoms with Crippen molar-refractivity contribution in [2.75, 3.05) is 0 Å². The van der Waals surface area contributed by atoms with E-state index in [0.717, 1.165) is 39.3 Å². The first kappa shape index (κ1) is 32.2. The smallest absolute Gasteiger partial charge is 0.258 e. The zero-order valence-electron chi connectivity index (χ0n) is 29.0. The van der Waals surface area contributed by atoms with Crippen molar-refractivity contribution in [1.29, 1.82) is 0 Å². The zero-order valence-corrected chi connectivity index (χ0v) is 29.0. The van der Waals surface area contributed by atoms with Crippen molar-refractivity contribution >= 4 is 32.3 Å². The minimum Gasteiger partial charge on any atom is -0.258 e. The van der Waals surface area contributed by atoms with Crippen LogP contribution in [0.5, 0.6) is 0 Å². The van der Waals surface area contributed by atoms with Crippen LogP contribution < -0.4 is 0 Å². The summed E-state index contributed by atoms with van der Waals surface area (Å²) in [6.07, 6.45) is -4.56. The number of aryl methyl sites for hydroxylation is 7. The molecule has 0 atom stereocenters. The minimum absolute atomic E-state index is 0.118. The first-order valence-electron chi connectivity index (χ1n) is 16.4. The highest BCUT2D eigenvalue weighted by atomic mass is 19.4. The van der Waals surface area contributed by atoms with Crippen molar-refractivity contribution in [3.63, 3.8) is 0 Å². The standard InChI is InChI=1S/C40H31F3N8/c1-18-16-33(40(41,42)43)30-15-14-29-32(39-49-24(7)47-37(51-39)27-11-9-20(3)45-22(27)5)17-31(28-13-12-25(18)34(30)35(28)29)38-48-23(6)46-36(50-38)26-10-8-19(2)44-21(26)4/h8-17H,1-7H3. The Labute approximate surface area is 291 Å². The number of halogens is 3. The van der Waals surface area contributed by atoms with Crippen molar-refractivity contribution < 1.29 is 13.2 Å². The minimum atomic E-state index is -4.56. The number of benzene rings is 4. The number of rotatable bonds is 4. The van der Waals surface area contributed by atoms with Gasteiger partial charge in [-0.2, -0.15) is 13.2 Å². The SMILES string of the molecule is Cc1ccc(-c2nc(C)nc(-c3cc(-c4nc(C)nc(-c5ccc(C)nc5C)n4)c4ccc5c(C(F)(F)F)cc(C)c6ccc3c4c65)n2)c(C)n1. The molecule has 0 fully saturated rings. The summed E-state index contributed by atoms with van der Waals surface area (Å²) >= 11 is 0. The number of pyridine rings is 2. The number of hydrogen-bond acceptors (Lipinski definition) is 8. The van der Waals surface area contributed by atoms with E-state index < -0.39 is 11.7 Å². The fourth-order valence-corrected chi connectivity index (χ4v) is 7.07.